The number of nitrogens with one attached hydrogen (secondary N) is 1. The fourth-order valence-corrected chi connectivity index (χ4v) is 2.93. The minimum atomic E-state index is 0.739. The van der Waals surface area contributed by atoms with Crippen LogP contribution in [-0.4, -0.2) is 33.9 Å². The Kier molecular flexibility index (Phi) is 3.03. The monoisotopic (exact) mass is 279 g/mol. The molecule has 21 heavy (non-hydrogen) atoms. The number of para-hydroxylation sites is 1. The average Bonchev–Trinajstić information content (AvgIpc) is 2.72. The summed E-state index contributed by atoms with van der Waals surface area (Å²) in [6, 6.07) is 8.23. The maximum absolute atomic E-state index is 4.76. The van der Waals surface area contributed by atoms with Gasteiger partial charge in [0.25, 0.3) is 0 Å². The highest BCUT2D eigenvalue weighted by Gasteiger charge is 2.21. The molecule has 1 N–H and O–H groups in total. The van der Waals surface area contributed by atoms with Crippen LogP contribution in [0.3, 0.4) is 0 Å². The second kappa shape index (κ2) is 5.16. The number of likely N-dealkylation sites (tertiary alicyclic amines) is 1. The van der Waals surface area contributed by atoms with Gasteiger partial charge in [-0.05, 0) is 25.3 Å². The third-order valence-electron chi connectivity index (χ3n) is 4.02. The molecule has 0 aliphatic carbocycles. The van der Waals surface area contributed by atoms with Crippen LogP contribution < -0.4 is 5.32 Å². The highest BCUT2D eigenvalue weighted by Crippen LogP contribution is 2.35. The van der Waals surface area contributed by atoms with Crippen molar-refractivity contribution in [3.05, 3.63) is 36.8 Å². The third kappa shape index (κ3) is 2.24. The molecule has 2 aliphatic heterocycles. The molecule has 0 amide bonds. The third-order valence-corrected chi connectivity index (χ3v) is 4.02. The van der Waals surface area contributed by atoms with Crippen LogP contribution in [0.1, 0.15) is 19.3 Å². The molecule has 1 aromatic heterocycles. The summed E-state index contributed by atoms with van der Waals surface area (Å²) < 4.78 is 0. The lowest BCUT2D eigenvalue weighted by atomic mass is 10.1. The Bertz CT molecular complexity index is 689. The number of guanidine groups is 1. The summed E-state index contributed by atoms with van der Waals surface area (Å²) in [5, 5.41) is 3.48. The molecule has 1 aromatic carbocycles. The standard InChI is InChI=1S/C16H17N5/c1-4-8-21(9-5-1)16-19-14-7-3-2-6-12(14)13-10-17-11-18-15(13)20-16/h2-3,6-7,10-11H,1,4-5,8-9H2,(H,17,18,19,20). The Morgan fingerprint density at radius 2 is 1.86 bits per heavy atom. The zero-order valence-corrected chi connectivity index (χ0v) is 11.8. The first-order chi connectivity index (χ1) is 10.4. The molecule has 5 heteroatoms. The fourth-order valence-electron chi connectivity index (χ4n) is 2.93. The quantitative estimate of drug-likeness (QED) is 0.805. The van der Waals surface area contributed by atoms with Gasteiger partial charge in [0.15, 0.2) is 5.82 Å². The Morgan fingerprint density at radius 3 is 2.76 bits per heavy atom. The van der Waals surface area contributed by atoms with E-state index in [0.717, 1.165) is 41.7 Å². The summed E-state index contributed by atoms with van der Waals surface area (Å²) in [4.78, 5) is 15.6. The number of anilines is 1. The summed E-state index contributed by atoms with van der Waals surface area (Å²) in [7, 11) is 0. The SMILES string of the molecule is c1ccc2c(c1)NC(N1CCCCC1)=Nc1ncncc1-2. The molecule has 0 bridgehead atoms. The van der Waals surface area contributed by atoms with Gasteiger partial charge in [-0.2, -0.15) is 4.99 Å². The molecule has 4 rings (SSSR count). The zero-order valence-electron chi connectivity index (χ0n) is 11.8. The van der Waals surface area contributed by atoms with Crippen molar-refractivity contribution in [3.63, 3.8) is 0 Å². The number of hydrogen-bond acceptors (Lipinski definition) is 5. The van der Waals surface area contributed by atoms with E-state index in [1.807, 2.05) is 18.3 Å². The van der Waals surface area contributed by atoms with Crippen molar-refractivity contribution in [3.8, 4) is 11.1 Å². The predicted molar refractivity (Wildman–Crippen MR) is 83.6 cm³/mol. The van der Waals surface area contributed by atoms with Gasteiger partial charge in [-0.15, -0.1) is 0 Å². The summed E-state index contributed by atoms with van der Waals surface area (Å²) in [6.07, 6.45) is 7.15. The number of aromatic nitrogens is 2. The van der Waals surface area contributed by atoms with Gasteiger partial charge < -0.3 is 10.2 Å². The van der Waals surface area contributed by atoms with Crippen molar-refractivity contribution in [2.75, 3.05) is 18.4 Å². The molecule has 3 heterocycles. The van der Waals surface area contributed by atoms with E-state index >= 15 is 0 Å². The van der Waals surface area contributed by atoms with Gasteiger partial charge in [0.05, 0.1) is 0 Å². The van der Waals surface area contributed by atoms with E-state index in [1.54, 1.807) is 6.33 Å². The smallest absolute Gasteiger partial charge is 0.205 e. The summed E-state index contributed by atoms with van der Waals surface area (Å²) in [5.41, 5.74) is 3.15. The van der Waals surface area contributed by atoms with Crippen molar-refractivity contribution in [2.45, 2.75) is 19.3 Å². The second-order valence-corrected chi connectivity index (χ2v) is 5.41. The van der Waals surface area contributed by atoms with Crippen LogP contribution in [-0.2, 0) is 0 Å². The Morgan fingerprint density at radius 1 is 1.00 bits per heavy atom. The molecule has 0 atom stereocenters. The van der Waals surface area contributed by atoms with Crippen LogP contribution in [0.2, 0.25) is 0 Å². The van der Waals surface area contributed by atoms with Gasteiger partial charge in [-0.3, -0.25) is 0 Å². The maximum Gasteiger partial charge on any atom is 0.205 e. The first-order valence-electron chi connectivity index (χ1n) is 7.42. The molecule has 0 spiro atoms. The minimum absolute atomic E-state index is 0.739. The van der Waals surface area contributed by atoms with Crippen molar-refractivity contribution in [1.29, 1.82) is 0 Å². The van der Waals surface area contributed by atoms with Crippen molar-refractivity contribution in [1.82, 2.24) is 14.9 Å². The molecule has 0 unspecified atom stereocenters. The van der Waals surface area contributed by atoms with Gasteiger partial charge in [0, 0.05) is 36.1 Å². The van der Waals surface area contributed by atoms with E-state index in [2.05, 4.69) is 32.3 Å². The van der Waals surface area contributed by atoms with E-state index in [4.69, 9.17) is 4.99 Å². The largest absolute Gasteiger partial charge is 0.342 e. The summed E-state index contributed by atoms with van der Waals surface area (Å²) in [5.74, 6) is 1.64. The van der Waals surface area contributed by atoms with Gasteiger partial charge in [-0.25, -0.2) is 9.97 Å². The van der Waals surface area contributed by atoms with Crippen molar-refractivity contribution < 1.29 is 0 Å². The molecular weight excluding hydrogens is 262 g/mol. The highest BCUT2D eigenvalue weighted by molar-refractivity contribution is 6.02. The lowest BCUT2D eigenvalue weighted by Crippen LogP contribution is -2.39. The van der Waals surface area contributed by atoms with Crippen molar-refractivity contribution >= 4 is 17.5 Å². The van der Waals surface area contributed by atoms with Crippen LogP contribution in [0.4, 0.5) is 11.5 Å². The number of fused-ring (bicyclic) bond motifs is 3. The number of piperidine rings is 1. The molecule has 106 valence electrons. The number of nitrogens with zero attached hydrogens (tertiary/aromatic N) is 4. The average molecular weight is 279 g/mol. The van der Waals surface area contributed by atoms with E-state index in [-0.39, 0.29) is 0 Å². The summed E-state index contributed by atoms with van der Waals surface area (Å²) >= 11 is 0. The number of hydrogen-bond donors (Lipinski definition) is 1. The normalized spacial score (nSPS) is 17.1. The lowest BCUT2D eigenvalue weighted by molar-refractivity contribution is 0.341. The maximum atomic E-state index is 4.76. The Labute approximate surface area is 123 Å². The number of rotatable bonds is 0. The molecule has 2 aromatic rings. The van der Waals surface area contributed by atoms with Gasteiger partial charge >= 0.3 is 0 Å². The minimum Gasteiger partial charge on any atom is -0.342 e. The second-order valence-electron chi connectivity index (χ2n) is 5.41. The molecular formula is C16H17N5. The lowest BCUT2D eigenvalue weighted by Gasteiger charge is -2.29. The fraction of sp³-hybridized carbons (Fsp3) is 0.312. The molecule has 1 fully saturated rings. The molecule has 5 nitrogen and oxygen atoms in total. The summed E-state index contributed by atoms with van der Waals surface area (Å²) in [6.45, 7) is 2.10. The van der Waals surface area contributed by atoms with Gasteiger partial charge in [-0.1, -0.05) is 18.2 Å². The predicted octanol–water partition coefficient (Wildman–Crippen LogP) is 3.04. The van der Waals surface area contributed by atoms with Crippen LogP contribution in [0, 0.1) is 0 Å². The van der Waals surface area contributed by atoms with Gasteiger partial charge in [0.1, 0.15) is 6.33 Å². The molecule has 1 saturated heterocycles. The van der Waals surface area contributed by atoms with E-state index in [0.29, 0.717) is 0 Å². The van der Waals surface area contributed by atoms with Crippen LogP contribution in [0.5, 0.6) is 0 Å². The van der Waals surface area contributed by atoms with Gasteiger partial charge in [0.2, 0.25) is 5.96 Å². The Hall–Kier alpha value is -2.43. The van der Waals surface area contributed by atoms with E-state index in [1.165, 1.54) is 19.3 Å². The Balaban J connectivity index is 1.83. The molecule has 2 aliphatic rings. The highest BCUT2D eigenvalue weighted by atomic mass is 15.3. The topological polar surface area (TPSA) is 53.4 Å². The number of aliphatic imine (C=N–C) groups is 1. The van der Waals surface area contributed by atoms with Crippen molar-refractivity contribution in [2.24, 2.45) is 4.99 Å². The molecule has 0 radical (unpaired) electrons. The number of benzene rings is 1. The first-order valence-corrected chi connectivity index (χ1v) is 7.42. The van der Waals surface area contributed by atoms with Crippen LogP contribution in [0.25, 0.3) is 11.1 Å². The van der Waals surface area contributed by atoms with Crippen LogP contribution in [0.15, 0.2) is 41.8 Å². The van der Waals surface area contributed by atoms with Crippen LogP contribution >= 0.6 is 0 Å². The van der Waals surface area contributed by atoms with E-state index < -0.39 is 0 Å². The van der Waals surface area contributed by atoms with E-state index in [9.17, 15) is 0 Å². The zero-order chi connectivity index (χ0) is 14.1. The molecule has 0 saturated carbocycles. The first kappa shape index (κ1) is 12.3.